The zero-order valence-electron chi connectivity index (χ0n) is 11.5. The lowest BCUT2D eigenvalue weighted by Gasteiger charge is -2.18. The number of aryl methyl sites for hydroxylation is 1. The summed E-state index contributed by atoms with van der Waals surface area (Å²) >= 11 is 1.88. The van der Waals surface area contributed by atoms with Gasteiger partial charge >= 0.3 is 0 Å². The number of thioether (sulfide) groups is 1. The summed E-state index contributed by atoms with van der Waals surface area (Å²) < 4.78 is 2.07. The molecule has 102 valence electrons. The fourth-order valence-electron chi connectivity index (χ4n) is 2.09. The molecule has 0 aliphatic heterocycles. The van der Waals surface area contributed by atoms with E-state index in [4.69, 9.17) is 0 Å². The summed E-state index contributed by atoms with van der Waals surface area (Å²) in [7, 11) is 0. The third-order valence-electron chi connectivity index (χ3n) is 3.02. The highest BCUT2D eigenvalue weighted by atomic mass is 32.2. The molecule has 0 aliphatic carbocycles. The van der Waals surface area contributed by atoms with Crippen molar-refractivity contribution in [3.05, 3.63) is 48.3 Å². The van der Waals surface area contributed by atoms with E-state index in [1.807, 2.05) is 18.0 Å². The average molecular weight is 275 g/mol. The molecule has 1 aromatic carbocycles. The normalized spacial score (nSPS) is 12.5. The molecule has 0 aliphatic rings. The van der Waals surface area contributed by atoms with Crippen LogP contribution in [-0.4, -0.2) is 22.1 Å². The molecular formula is C15H21N3S. The van der Waals surface area contributed by atoms with Gasteiger partial charge in [-0.25, -0.2) is 0 Å². The van der Waals surface area contributed by atoms with E-state index in [9.17, 15) is 0 Å². The van der Waals surface area contributed by atoms with Crippen LogP contribution in [0, 0.1) is 0 Å². The van der Waals surface area contributed by atoms with Crippen molar-refractivity contribution < 1.29 is 0 Å². The van der Waals surface area contributed by atoms with E-state index in [1.54, 1.807) is 0 Å². The highest BCUT2D eigenvalue weighted by Crippen LogP contribution is 2.24. The second-order valence-electron chi connectivity index (χ2n) is 4.31. The Morgan fingerprint density at radius 1 is 1.21 bits per heavy atom. The van der Waals surface area contributed by atoms with Crippen LogP contribution >= 0.6 is 11.8 Å². The van der Waals surface area contributed by atoms with E-state index in [0.717, 1.165) is 18.8 Å². The summed E-state index contributed by atoms with van der Waals surface area (Å²) in [6.07, 6.45) is 1.89. The largest absolute Gasteiger partial charge is 0.308 e. The number of nitrogens with one attached hydrogen (secondary N) is 1. The monoisotopic (exact) mass is 275 g/mol. The summed E-state index contributed by atoms with van der Waals surface area (Å²) in [6.45, 7) is 6.16. The van der Waals surface area contributed by atoms with E-state index in [1.165, 1.54) is 10.6 Å². The molecule has 0 amide bonds. The summed E-state index contributed by atoms with van der Waals surface area (Å²) in [5, 5.41) is 7.91. The number of rotatable bonds is 7. The molecule has 1 unspecified atom stereocenters. The predicted octanol–water partition coefficient (Wildman–Crippen LogP) is 3.35. The standard InChI is InChI=1S/C15H21N3S/c1-3-16-14(15-10-11-17-18(15)4-2)12-19-13-8-6-5-7-9-13/h5-11,14,16H,3-4,12H2,1-2H3. The topological polar surface area (TPSA) is 29.9 Å². The molecule has 19 heavy (non-hydrogen) atoms. The maximum atomic E-state index is 4.36. The van der Waals surface area contributed by atoms with Crippen LogP contribution in [0.2, 0.25) is 0 Å². The van der Waals surface area contributed by atoms with Crippen molar-refractivity contribution in [2.24, 2.45) is 0 Å². The van der Waals surface area contributed by atoms with Gasteiger partial charge in [0.15, 0.2) is 0 Å². The third kappa shape index (κ3) is 3.85. The first-order valence-corrected chi connectivity index (χ1v) is 7.76. The van der Waals surface area contributed by atoms with Gasteiger partial charge in [-0.05, 0) is 31.7 Å². The quantitative estimate of drug-likeness (QED) is 0.786. The van der Waals surface area contributed by atoms with Crippen molar-refractivity contribution in [1.82, 2.24) is 15.1 Å². The Labute approximate surface area is 119 Å². The fourth-order valence-corrected chi connectivity index (χ4v) is 3.09. The Kier molecular flexibility index (Phi) is 5.48. The predicted molar refractivity (Wildman–Crippen MR) is 81.5 cm³/mol. The van der Waals surface area contributed by atoms with Crippen molar-refractivity contribution in [2.45, 2.75) is 31.3 Å². The molecule has 0 bridgehead atoms. The van der Waals surface area contributed by atoms with Crippen molar-refractivity contribution >= 4 is 11.8 Å². The summed E-state index contributed by atoms with van der Waals surface area (Å²) in [6, 6.07) is 13.0. The van der Waals surface area contributed by atoms with Gasteiger partial charge in [0.2, 0.25) is 0 Å². The van der Waals surface area contributed by atoms with Gasteiger partial charge in [0.25, 0.3) is 0 Å². The van der Waals surface area contributed by atoms with Gasteiger partial charge in [-0.2, -0.15) is 5.10 Å². The van der Waals surface area contributed by atoms with Gasteiger partial charge in [0.1, 0.15) is 0 Å². The van der Waals surface area contributed by atoms with E-state index in [2.05, 4.69) is 65.3 Å². The lowest BCUT2D eigenvalue weighted by atomic mass is 10.2. The second kappa shape index (κ2) is 7.36. The Morgan fingerprint density at radius 3 is 2.68 bits per heavy atom. The van der Waals surface area contributed by atoms with Crippen molar-refractivity contribution in [2.75, 3.05) is 12.3 Å². The van der Waals surface area contributed by atoms with Gasteiger partial charge in [-0.1, -0.05) is 25.1 Å². The van der Waals surface area contributed by atoms with Gasteiger partial charge in [-0.3, -0.25) is 4.68 Å². The molecule has 3 nitrogen and oxygen atoms in total. The van der Waals surface area contributed by atoms with Gasteiger partial charge in [0.05, 0.1) is 11.7 Å². The van der Waals surface area contributed by atoms with E-state index in [-0.39, 0.29) is 0 Å². The molecule has 0 saturated carbocycles. The van der Waals surface area contributed by atoms with Crippen LogP contribution in [-0.2, 0) is 6.54 Å². The zero-order valence-corrected chi connectivity index (χ0v) is 12.4. The lowest BCUT2D eigenvalue weighted by Crippen LogP contribution is -2.25. The lowest BCUT2D eigenvalue weighted by molar-refractivity contribution is 0.527. The maximum Gasteiger partial charge on any atom is 0.0587 e. The van der Waals surface area contributed by atoms with Crippen molar-refractivity contribution in [1.29, 1.82) is 0 Å². The molecule has 1 N–H and O–H groups in total. The van der Waals surface area contributed by atoms with E-state index < -0.39 is 0 Å². The summed E-state index contributed by atoms with van der Waals surface area (Å²) in [5.41, 5.74) is 1.27. The Bertz CT molecular complexity index is 481. The van der Waals surface area contributed by atoms with Crippen molar-refractivity contribution in [3.63, 3.8) is 0 Å². The number of hydrogen-bond donors (Lipinski definition) is 1. The van der Waals surface area contributed by atoms with E-state index in [0.29, 0.717) is 6.04 Å². The number of hydrogen-bond acceptors (Lipinski definition) is 3. The Morgan fingerprint density at radius 2 is 2.00 bits per heavy atom. The van der Waals surface area contributed by atoms with E-state index >= 15 is 0 Å². The third-order valence-corrected chi connectivity index (χ3v) is 4.12. The van der Waals surface area contributed by atoms with Crippen LogP contribution < -0.4 is 5.32 Å². The molecule has 2 aromatic rings. The number of benzene rings is 1. The van der Waals surface area contributed by atoms with Crippen molar-refractivity contribution in [3.8, 4) is 0 Å². The number of nitrogens with zero attached hydrogens (tertiary/aromatic N) is 2. The first kappa shape index (κ1) is 14.2. The Hall–Kier alpha value is -1.26. The first-order chi connectivity index (χ1) is 9.35. The van der Waals surface area contributed by atoms with Crippen LogP contribution in [0.15, 0.2) is 47.5 Å². The minimum atomic E-state index is 0.345. The highest BCUT2D eigenvalue weighted by Gasteiger charge is 2.14. The average Bonchev–Trinajstić information content (AvgIpc) is 2.93. The molecule has 1 heterocycles. The summed E-state index contributed by atoms with van der Waals surface area (Å²) in [4.78, 5) is 1.31. The molecule has 2 rings (SSSR count). The van der Waals surface area contributed by atoms with Gasteiger partial charge in [-0.15, -0.1) is 11.8 Å². The minimum absolute atomic E-state index is 0.345. The number of aromatic nitrogens is 2. The highest BCUT2D eigenvalue weighted by molar-refractivity contribution is 7.99. The fraction of sp³-hybridized carbons (Fsp3) is 0.400. The van der Waals surface area contributed by atoms with Crippen LogP contribution in [0.5, 0.6) is 0 Å². The van der Waals surface area contributed by atoms with Crippen LogP contribution in [0.3, 0.4) is 0 Å². The molecule has 0 spiro atoms. The second-order valence-corrected chi connectivity index (χ2v) is 5.40. The molecule has 0 saturated heterocycles. The molecule has 1 aromatic heterocycles. The maximum absolute atomic E-state index is 4.36. The SMILES string of the molecule is CCNC(CSc1ccccc1)c1ccnn1CC. The van der Waals surface area contributed by atoms with Crippen LogP contribution in [0.1, 0.15) is 25.6 Å². The molecule has 0 radical (unpaired) electrons. The molecule has 1 atom stereocenters. The minimum Gasteiger partial charge on any atom is -0.308 e. The molecular weight excluding hydrogens is 254 g/mol. The van der Waals surface area contributed by atoms with Crippen LogP contribution in [0.25, 0.3) is 0 Å². The molecule has 4 heteroatoms. The smallest absolute Gasteiger partial charge is 0.0587 e. The summed E-state index contributed by atoms with van der Waals surface area (Å²) in [5.74, 6) is 1.02. The zero-order chi connectivity index (χ0) is 13.5. The van der Waals surface area contributed by atoms with Gasteiger partial charge < -0.3 is 5.32 Å². The first-order valence-electron chi connectivity index (χ1n) is 6.78. The molecule has 0 fully saturated rings. The van der Waals surface area contributed by atoms with Crippen LogP contribution in [0.4, 0.5) is 0 Å². The van der Waals surface area contributed by atoms with Gasteiger partial charge in [0, 0.05) is 23.4 Å². The Balaban J connectivity index is 2.04.